The fourth-order valence-electron chi connectivity index (χ4n) is 1.73. The molecular formula is C12H15N3O2S. The molecule has 1 atom stereocenters. The molecule has 0 aromatic carbocycles. The van der Waals surface area contributed by atoms with Crippen molar-refractivity contribution < 1.29 is 9.53 Å². The zero-order valence-corrected chi connectivity index (χ0v) is 11.1. The largest absolute Gasteiger partial charge is 0.465 e. The number of imidazole rings is 1. The van der Waals surface area contributed by atoms with Crippen molar-refractivity contribution in [3.05, 3.63) is 34.5 Å². The van der Waals surface area contributed by atoms with Crippen molar-refractivity contribution in [2.75, 3.05) is 7.11 Å². The lowest BCUT2D eigenvalue weighted by Gasteiger charge is -2.12. The van der Waals surface area contributed by atoms with Crippen molar-refractivity contribution in [3.63, 3.8) is 0 Å². The van der Waals surface area contributed by atoms with E-state index in [1.165, 1.54) is 18.4 Å². The maximum atomic E-state index is 11.7. The highest BCUT2D eigenvalue weighted by atomic mass is 32.1. The summed E-state index contributed by atoms with van der Waals surface area (Å²) in [6.07, 6.45) is 4.20. The monoisotopic (exact) mass is 265 g/mol. The van der Waals surface area contributed by atoms with Crippen molar-refractivity contribution in [1.82, 2.24) is 9.55 Å². The Kier molecular flexibility index (Phi) is 3.78. The van der Waals surface area contributed by atoms with Gasteiger partial charge in [-0.15, -0.1) is 11.3 Å². The van der Waals surface area contributed by atoms with E-state index >= 15 is 0 Å². The number of carbonyl (C=O) groups is 1. The standard InChI is InChI=1S/C12H15N3O2S/c1-3-8(13)10-6-14-7-15(10)9-4-5-18-11(9)12(16)17-2/h4-8H,3,13H2,1-2H3/t8-/m1/s1. The quantitative estimate of drug-likeness (QED) is 0.860. The fourth-order valence-corrected chi connectivity index (χ4v) is 2.53. The van der Waals surface area contributed by atoms with Crippen LogP contribution in [0.25, 0.3) is 5.69 Å². The lowest BCUT2D eigenvalue weighted by molar-refractivity contribution is 0.0606. The first-order valence-corrected chi connectivity index (χ1v) is 6.51. The van der Waals surface area contributed by atoms with Crippen LogP contribution >= 0.6 is 11.3 Å². The van der Waals surface area contributed by atoms with Gasteiger partial charge in [-0.3, -0.25) is 4.57 Å². The van der Waals surface area contributed by atoms with E-state index in [9.17, 15) is 4.79 Å². The number of rotatable bonds is 4. The Hall–Kier alpha value is -1.66. The summed E-state index contributed by atoms with van der Waals surface area (Å²) >= 11 is 1.34. The molecule has 0 amide bonds. The summed E-state index contributed by atoms with van der Waals surface area (Å²) in [5, 5.41) is 1.85. The number of hydrogen-bond donors (Lipinski definition) is 1. The van der Waals surface area contributed by atoms with Gasteiger partial charge in [0, 0.05) is 6.04 Å². The number of nitrogens with zero attached hydrogens (tertiary/aromatic N) is 2. The SMILES string of the molecule is CC[C@@H](N)c1cncn1-c1ccsc1C(=O)OC. The molecule has 2 N–H and O–H groups in total. The Morgan fingerprint density at radius 2 is 2.44 bits per heavy atom. The molecule has 6 heteroatoms. The summed E-state index contributed by atoms with van der Waals surface area (Å²) in [5.74, 6) is -0.343. The Labute approximate surface area is 109 Å². The highest BCUT2D eigenvalue weighted by Gasteiger charge is 2.18. The van der Waals surface area contributed by atoms with Crippen molar-refractivity contribution in [2.45, 2.75) is 19.4 Å². The molecule has 0 aliphatic heterocycles. The average Bonchev–Trinajstić information content (AvgIpc) is 3.04. The number of methoxy groups -OCH3 is 1. The molecule has 0 aliphatic rings. The van der Waals surface area contributed by atoms with Crippen LogP contribution in [0.4, 0.5) is 0 Å². The van der Waals surface area contributed by atoms with Gasteiger partial charge in [0.2, 0.25) is 0 Å². The Bertz CT molecular complexity index is 547. The first kappa shape index (κ1) is 12.8. The molecule has 0 radical (unpaired) electrons. The van der Waals surface area contributed by atoms with Crippen molar-refractivity contribution in [3.8, 4) is 5.69 Å². The molecule has 5 nitrogen and oxygen atoms in total. The second-order valence-corrected chi connectivity index (χ2v) is 4.75. The average molecular weight is 265 g/mol. The van der Waals surface area contributed by atoms with Gasteiger partial charge in [-0.05, 0) is 17.9 Å². The fraction of sp³-hybridized carbons (Fsp3) is 0.333. The predicted octanol–water partition coefficient (Wildman–Crippen LogP) is 2.13. The summed E-state index contributed by atoms with van der Waals surface area (Å²) in [6, 6.07) is 1.77. The Balaban J connectivity index is 2.47. The highest BCUT2D eigenvalue weighted by Crippen LogP contribution is 2.25. The summed E-state index contributed by atoms with van der Waals surface area (Å²) in [7, 11) is 1.37. The minimum Gasteiger partial charge on any atom is -0.465 e. The molecule has 2 aromatic heterocycles. The van der Waals surface area contributed by atoms with Gasteiger partial charge in [0.15, 0.2) is 0 Å². The van der Waals surface area contributed by atoms with Gasteiger partial charge in [-0.1, -0.05) is 6.92 Å². The first-order chi connectivity index (χ1) is 8.69. The number of ether oxygens (including phenoxy) is 1. The van der Waals surface area contributed by atoms with Gasteiger partial charge in [0.05, 0.1) is 31.0 Å². The number of aromatic nitrogens is 2. The van der Waals surface area contributed by atoms with Gasteiger partial charge in [-0.25, -0.2) is 9.78 Å². The third kappa shape index (κ3) is 2.16. The summed E-state index contributed by atoms with van der Waals surface area (Å²) in [6.45, 7) is 2.01. The van der Waals surface area contributed by atoms with E-state index in [0.717, 1.165) is 17.8 Å². The van der Waals surface area contributed by atoms with Crippen LogP contribution in [-0.2, 0) is 4.74 Å². The minimum absolute atomic E-state index is 0.0992. The number of hydrogen-bond acceptors (Lipinski definition) is 5. The molecule has 2 rings (SSSR count). The first-order valence-electron chi connectivity index (χ1n) is 5.63. The molecule has 96 valence electrons. The van der Waals surface area contributed by atoms with Crippen LogP contribution in [-0.4, -0.2) is 22.6 Å². The molecule has 2 heterocycles. The maximum Gasteiger partial charge on any atom is 0.350 e. The summed E-state index contributed by atoms with van der Waals surface area (Å²) in [5.41, 5.74) is 7.69. The Morgan fingerprint density at radius 3 is 3.11 bits per heavy atom. The van der Waals surface area contributed by atoms with E-state index < -0.39 is 0 Å². The number of esters is 1. The second kappa shape index (κ2) is 5.32. The van der Waals surface area contributed by atoms with Gasteiger partial charge in [0.25, 0.3) is 0 Å². The molecule has 2 aromatic rings. The number of carbonyl (C=O) groups excluding carboxylic acids is 1. The van der Waals surface area contributed by atoms with Crippen LogP contribution in [0.15, 0.2) is 24.0 Å². The summed E-state index contributed by atoms with van der Waals surface area (Å²) < 4.78 is 6.61. The zero-order valence-electron chi connectivity index (χ0n) is 10.3. The van der Waals surface area contributed by atoms with Crippen LogP contribution in [0.3, 0.4) is 0 Å². The van der Waals surface area contributed by atoms with Gasteiger partial charge in [-0.2, -0.15) is 0 Å². The van der Waals surface area contributed by atoms with Crippen LogP contribution < -0.4 is 5.73 Å². The van der Waals surface area contributed by atoms with E-state index in [1.807, 2.05) is 22.9 Å². The number of thiophene rings is 1. The lowest BCUT2D eigenvalue weighted by atomic mass is 10.2. The minimum atomic E-state index is -0.343. The van der Waals surface area contributed by atoms with Crippen molar-refractivity contribution >= 4 is 17.3 Å². The van der Waals surface area contributed by atoms with E-state index in [-0.39, 0.29) is 12.0 Å². The van der Waals surface area contributed by atoms with E-state index in [4.69, 9.17) is 10.5 Å². The molecule has 0 saturated carbocycles. The van der Waals surface area contributed by atoms with Crippen LogP contribution in [0, 0.1) is 0 Å². The zero-order chi connectivity index (χ0) is 13.1. The van der Waals surface area contributed by atoms with Crippen molar-refractivity contribution in [1.29, 1.82) is 0 Å². The maximum absolute atomic E-state index is 11.7. The van der Waals surface area contributed by atoms with Gasteiger partial charge < -0.3 is 10.5 Å². The second-order valence-electron chi connectivity index (χ2n) is 3.83. The molecule has 0 fully saturated rings. The molecule has 0 saturated heterocycles. The third-order valence-electron chi connectivity index (χ3n) is 2.76. The molecule has 0 spiro atoms. The highest BCUT2D eigenvalue weighted by molar-refractivity contribution is 7.12. The van der Waals surface area contributed by atoms with E-state index in [0.29, 0.717) is 4.88 Å². The predicted molar refractivity (Wildman–Crippen MR) is 70.0 cm³/mol. The smallest absolute Gasteiger partial charge is 0.350 e. The third-order valence-corrected chi connectivity index (χ3v) is 3.65. The van der Waals surface area contributed by atoms with Gasteiger partial charge in [0.1, 0.15) is 4.88 Å². The summed E-state index contributed by atoms with van der Waals surface area (Å²) in [4.78, 5) is 16.3. The van der Waals surface area contributed by atoms with E-state index in [2.05, 4.69) is 4.98 Å². The normalized spacial score (nSPS) is 12.4. The molecule has 0 unspecified atom stereocenters. The number of nitrogens with two attached hydrogens (primary N) is 1. The van der Waals surface area contributed by atoms with Crippen LogP contribution in [0.1, 0.15) is 34.8 Å². The van der Waals surface area contributed by atoms with Gasteiger partial charge >= 0.3 is 5.97 Å². The molecule has 0 bridgehead atoms. The van der Waals surface area contributed by atoms with Crippen LogP contribution in [0.2, 0.25) is 0 Å². The van der Waals surface area contributed by atoms with Crippen LogP contribution in [0.5, 0.6) is 0 Å². The Morgan fingerprint density at radius 1 is 1.67 bits per heavy atom. The molecule has 0 aliphatic carbocycles. The lowest BCUT2D eigenvalue weighted by Crippen LogP contribution is -2.14. The molecule has 18 heavy (non-hydrogen) atoms. The van der Waals surface area contributed by atoms with E-state index in [1.54, 1.807) is 12.5 Å². The topological polar surface area (TPSA) is 70.1 Å². The van der Waals surface area contributed by atoms with Crippen molar-refractivity contribution in [2.24, 2.45) is 5.73 Å². The molecular weight excluding hydrogens is 250 g/mol.